The van der Waals surface area contributed by atoms with Gasteiger partial charge in [0.2, 0.25) is 0 Å². The quantitative estimate of drug-likeness (QED) is 0.352. The Balaban J connectivity index is 1.67. The number of benzene rings is 2. The number of rotatable bonds is 6. The first-order chi connectivity index (χ1) is 15.0. The Labute approximate surface area is 188 Å². The molecule has 0 saturated carbocycles. The summed E-state index contributed by atoms with van der Waals surface area (Å²) in [6, 6.07) is 14.6. The van der Waals surface area contributed by atoms with Crippen molar-refractivity contribution in [2.24, 2.45) is 0 Å². The molecule has 0 aliphatic carbocycles. The van der Waals surface area contributed by atoms with Crippen LogP contribution in [-0.2, 0) is 11.3 Å². The Morgan fingerprint density at radius 1 is 1.13 bits per heavy atom. The lowest BCUT2D eigenvalue weighted by atomic mass is 10.0. The van der Waals surface area contributed by atoms with Crippen LogP contribution in [0.3, 0.4) is 0 Å². The normalized spacial score (nSPS) is 11.1. The van der Waals surface area contributed by atoms with Crippen molar-refractivity contribution in [3.63, 3.8) is 0 Å². The standard InChI is InChI=1S/C24H21ClN2O3S/c1-3-12-30-24(29)18-6-4-16(5-7-18)13-27-14-26-22-21(23(27)28)20(15(2)31-22)17-8-10-19(25)11-9-17/h4-11,14H,3,12-13H2,1-2H3. The highest BCUT2D eigenvalue weighted by atomic mass is 35.5. The van der Waals surface area contributed by atoms with Crippen LogP contribution in [-0.4, -0.2) is 22.1 Å². The van der Waals surface area contributed by atoms with Crippen molar-refractivity contribution < 1.29 is 9.53 Å². The first kappa shape index (κ1) is 21.3. The van der Waals surface area contributed by atoms with Crippen molar-refractivity contribution in [1.29, 1.82) is 0 Å². The van der Waals surface area contributed by atoms with Gasteiger partial charge >= 0.3 is 5.97 Å². The number of halogens is 1. The van der Waals surface area contributed by atoms with E-state index < -0.39 is 0 Å². The first-order valence-corrected chi connectivity index (χ1v) is 11.2. The zero-order chi connectivity index (χ0) is 22.0. The number of carbonyl (C=O) groups is 1. The Morgan fingerprint density at radius 3 is 2.52 bits per heavy atom. The smallest absolute Gasteiger partial charge is 0.338 e. The van der Waals surface area contributed by atoms with E-state index in [1.165, 1.54) is 11.3 Å². The van der Waals surface area contributed by atoms with Crippen LogP contribution in [0.5, 0.6) is 0 Å². The zero-order valence-corrected chi connectivity index (χ0v) is 18.8. The molecule has 31 heavy (non-hydrogen) atoms. The summed E-state index contributed by atoms with van der Waals surface area (Å²) >= 11 is 7.54. The number of fused-ring (bicyclic) bond motifs is 1. The number of thiophene rings is 1. The van der Waals surface area contributed by atoms with Gasteiger partial charge in [-0.3, -0.25) is 9.36 Å². The van der Waals surface area contributed by atoms with Gasteiger partial charge in [-0.15, -0.1) is 11.3 Å². The van der Waals surface area contributed by atoms with Crippen LogP contribution in [0.4, 0.5) is 0 Å². The summed E-state index contributed by atoms with van der Waals surface area (Å²) in [5.41, 5.74) is 3.15. The van der Waals surface area contributed by atoms with E-state index in [1.54, 1.807) is 23.0 Å². The largest absolute Gasteiger partial charge is 0.462 e. The van der Waals surface area contributed by atoms with Crippen LogP contribution in [0.25, 0.3) is 21.3 Å². The third-order valence-corrected chi connectivity index (χ3v) is 6.23. The van der Waals surface area contributed by atoms with Gasteiger partial charge in [-0.2, -0.15) is 0 Å². The number of ether oxygens (including phenoxy) is 1. The van der Waals surface area contributed by atoms with Gasteiger partial charge in [0.1, 0.15) is 4.83 Å². The van der Waals surface area contributed by atoms with E-state index in [2.05, 4.69) is 4.98 Å². The van der Waals surface area contributed by atoms with E-state index in [1.807, 2.05) is 50.2 Å². The molecule has 0 aliphatic rings. The Bertz CT molecular complexity index is 1290. The lowest BCUT2D eigenvalue weighted by Crippen LogP contribution is -2.21. The SMILES string of the molecule is CCCOC(=O)c1ccc(Cn2cnc3sc(C)c(-c4ccc(Cl)cc4)c3c2=O)cc1. The predicted molar refractivity (Wildman–Crippen MR) is 125 cm³/mol. The van der Waals surface area contributed by atoms with Gasteiger partial charge in [-0.25, -0.2) is 9.78 Å². The Kier molecular flexibility index (Phi) is 6.20. The predicted octanol–water partition coefficient (Wildman–Crippen LogP) is 5.70. The molecule has 0 aliphatic heterocycles. The van der Waals surface area contributed by atoms with Crippen molar-refractivity contribution >= 4 is 39.1 Å². The van der Waals surface area contributed by atoms with Gasteiger partial charge in [-0.05, 0) is 48.7 Å². The van der Waals surface area contributed by atoms with Gasteiger partial charge in [0.05, 0.1) is 30.4 Å². The fourth-order valence-corrected chi connectivity index (χ4v) is 4.56. The molecule has 0 radical (unpaired) electrons. The van der Waals surface area contributed by atoms with Gasteiger partial charge < -0.3 is 4.74 Å². The monoisotopic (exact) mass is 452 g/mol. The third-order valence-electron chi connectivity index (χ3n) is 4.97. The second-order valence-corrected chi connectivity index (χ2v) is 8.87. The minimum Gasteiger partial charge on any atom is -0.462 e. The molecule has 4 rings (SSSR count). The molecule has 158 valence electrons. The molecule has 2 aromatic heterocycles. The first-order valence-electron chi connectivity index (χ1n) is 9.98. The highest BCUT2D eigenvalue weighted by Gasteiger charge is 2.17. The summed E-state index contributed by atoms with van der Waals surface area (Å²) in [7, 11) is 0. The summed E-state index contributed by atoms with van der Waals surface area (Å²) in [5.74, 6) is -0.338. The molecule has 0 N–H and O–H groups in total. The zero-order valence-electron chi connectivity index (χ0n) is 17.2. The molecule has 0 bridgehead atoms. The van der Waals surface area contributed by atoms with Gasteiger partial charge in [0.15, 0.2) is 0 Å². The number of nitrogens with zero attached hydrogens (tertiary/aromatic N) is 2. The van der Waals surface area contributed by atoms with Gasteiger partial charge in [0, 0.05) is 15.5 Å². The average Bonchev–Trinajstić information content (AvgIpc) is 3.12. The lowest BCUT2D eigenvalue weighted by molar-refractivity contribution is 0.0505. The highest BCUT2D eigenvalue weighted by molar-refractivity contribution is 7.19. The summed E-state index contributed by atoms with van der Waals surface area (Å²) in [5, 5.41) is 1.27. The Hall–Kier alpha value is -2.96. The molecule has 2 heterocycles. The maximum atomic E-state index is 13.3. The van der Waals surface area contributed by atoms with Crippen LogP contribution in [0.2, 0.25) is 5.02 Å². The van der Waals surface area contributed by atoms with E-state index in [0.717, 1.165) is 32.8 Å². The topological polar surface area (TPSA) is 61.2 Å². The van der Waals surface area contributed by atoms with Crippen molar-refractivity contribution in [1.82, 2.24) is 9.55 Å². The molecule has 0 unspecified atom stereocenters. The minimum atomic E-state index is -0.338. The highest BCUT2D eigenvalue weighted by Crippen LogP contribution is 2.35. The van der Waals surface area contributed by atoms with E-state index in [4.69, 9.17) is 16.3 Å². The molecule has 7 heteroatoms. The number of aromatic nitrogens is 2. The summed E-state index contributed by atoms with van der Waals surface area (Å²) in [6.07, 6.45) is 2.36. The van der Waals surface area contributed by atoms with Crippen LogP contribution in [0, 0.1) is 6.92 Å². The molecule has 0 fully saturated rings. The number of hydrogen-bond donors (Lipinski definition) is 0. The summed E-state index contributed by atoms with van der Waals surface area (Å²) < 4.78 is 6.75. The van der Waals surface area contributed by atoms with E-state index in [-0.39, 0.29) is 11.5 Å². The molecule has 0 atom stereocenters. The van der Waals surface area contributed by atoms with Crippen molar-refractivity contribution in [2.75, 3.05) is 6.61 Å². The minimum absolute atomic E-state index is 0.0919. The van der Waals surface area contributed by atoms with Crippen LogP contribution < -0.4 is 5.56 Å². The van der Waals surface area contributed by atoms with E-state index in [9.17, 15) is 9.59 Å². The molecular weight excluding hydrogens is 432 g/mol. The molecule has 0 spiro atoms. The van der Waals surface area contributed by atoms with Gasteiger partial charge in [-0.1, -0.05) is 42.8 Å². The average molecular weight is 453 g/mol. The van der Waals surface area contributed by atoms with Crippen molar-refractivity contribution in [2.45, 2.75) is 26.8 Å². The molecule has 0 saturated heterocycles. The fourth-order valence-electron chi connectivity index (χ4n) is 3.44. The van der Waals surface area contributed by atoms with Crippen molar-refractivity contribution in [3.05, 3.63) is 86.2 Å². The third kappa shape index (κ3) is 4.40. The summed E-state index contributed by atoms with van der Waals surface area (Å²) in [4.78, 5) is 31.6. The van der Waals surface area contributed by atoms with Crippen molar-refractivity contribution in [3.8, 4) is 11.1 Å². The van der Waals surface area contributed by atoms with E-state index in [0.29, 0.717) is 29.1 Å². The van der Waals surface area contributed by atoms with Crippen LogP contribution in [0.15, 0.2) is 59.7 Å². The maximum absolute atomic E-state index is 13.3. The molecule has 5 nitrogen and oxygen atoms in total. The summed E-state index contributed by atoms with van der Waals surface area (Å²) in [6.45, 7) is 4.71. The maximum Gasteiger partial charge on any atom is 0.338 e. The lowest BCUT2D eigenvalue weighted by Gasteiger charge is -2.08. The van der Waals surface area contributed by atoms with Gasteiger partial charge in [0.25, 0.3) is 5.56 Å². The number of esters is 1. The molecule has 0 amide bonds. The van der Waals surface area contributed by atoms with Crippen LogP contribution >= 0.6 is 22.9 Å². The Morgan fingerprint density at radius 2 is 1.84 bits per heavy atom. The molecule has 4 aromatic rings. The van der Waals surface area contributed by atoms with E-state index >= 15 is 0 Å². The number of carbonyl (C=O) groups excluding carboxylic acids is 1. The number of aryl methyl sites for hydroxylation is 1. The van der Waals surface area contributed by atoms with Crippen LogP contribution in [0.1, 0.15) is 34.1 Å². The number of hydrogen-bond acceptors (Lipinski definition) is 5. The second-order valence-electron chi connectivity index (χ2n) is 7.23. The fraction of sp³-hybridized carbons (Fsp3) is 0.208. The second kappa shape index (κ2) is 9.04. The molecule has 2 aromatic carbocycles. The molecular formula is C24H21ClN2O3S.